The molecule has 6 nitrogen and oxygen atoms in total. The van der Waals surface area contributed by atoms with Crippen LogP contribution in [0.15, 0.2) is 65.1 Å². The van der Waals surface area contributed by atoms with Crippen LogP contribution in [0.3, 0.4) is 0 Å². The second kappa shape index (κ2) is 8.84. The van der Waals surface area contributed by atoms with E-state index in [1.165, 1.54) is 36.1 Å². The lowest BCUT2D eigenvalue weighted by atomic mass is 10.2. The number of hydrogen-bond acceptors (Lipinski definition) is 6. The zero-order valence-corrected chi connectivity index (χ0v) is 18.9. The molecule has 2 heterocycles. The molecule has 0 atom stereocenters. The van der Waals surface area contributed by atoms with Crippen molar-refractivity contribution in [3.05, 3.63) is 71.5 Å². The fraction of sp³-hybridized carbons (Fsp3) is 0.217. The molecule has 0 aliphatic heterocycles. The molecule has 0 saturated heterocycles. The van der Waals surface area contributed by atoms with Crippen LogP contribution in [0.1, 0.15) is 31.5 Å². The highest BCUT2D eigenvalue weighted by Gasteiger charge is 2.31. The van der Waals surface area contributed by atoms with E-state index in [0.29, 0.717) is 28.3 Å². The number of halogens is 1. The van der Waals surface area contributed by atoms with Gasteiger partial charge in [-0.15, -0.1) is 21.5 Å². The van der Waals surface area contributed by atoms with Crippen LogP contribution >= 0.6 is 23.1 Å². The highest BCUT2D eigenvalue weighted by Crippen LogP contribution is 2.42. The molecule has 1 amide bonds. The summed E-state index contributed by atoms with van der Waals surface area (Å²) in [5.41, 5.74) is 2.11. The van der Waals surface area contributed by atoms with Gasteiger partial charge in [0.2, 0.25) is 5.91 Å². The summed E-state index contributed by atoms with van der Waals surface area (Å²) in [6, 6.07) is 16.4. The Balaban J connectivity index is 1.37. The number of aromatic nitrogens is 4. The average Bonchev–Trinajstić information content (AvgIpc) is 3.38. The molecule has 2 aromatic carbocycles. The topological polar surface area (TPSA) is 63.9 Å². The first-order valence-electron chi connectivity index (χ1n) is 10.2. The standard InChI is InChI=1S/C23H20FN5OS2/c1-15(30)28(17-7-3-2-4-8-17)22-25-16(13-31-22)14-32-23-27-26-21(29(23)18-11-12-18)19-9-5-6-10-20(19)24/h2-10,13,18H,11-12,14H2,1H3. The van der Waals surface area contributed by atoms with Crippen molar-refractivity contribution in [3.63, 3.8) is 0 Å². The zero-order valence-electron chi connectivity index (χ0n) is 17.3. The lowest BCUT2D eigenvalue weighted by Crippen LogP contribution is -2.22. The summed E-state index contributed by atoms with van der Waals surface area (Å²) >= 11 is 2.96. The van der Waals surface area contributed by atoms with Crippen LogP contribution in [-0.2, 0) is 10.5 Å². The van der Waals surface area contributed by atoms with E-state index in [-0.39, 0.29) is 11.7 Å². The molecule has 5 rings (SSSR count). The molecule has 32 heavy (non-hydrogen) atoms. The minimum atomic E-state index is -0.298. The Morgan fingerprint density at radius 2 is 1.91 bits per heavy atom. The zero-order chi connectivity index (χ0) is 22.1. The van der Waals surface area contributed by atoms with Gasteiger partial charge in [-0.05, 0) is 37.1 Å². The SMILES string of the molecule is CC(=O)N(c1ccccc1)c1nc(CSc2nnc(-c3ccccc3F)n2C2CC2)cs1. The molecule has 2 aromatic heterocycles. The van der Waals surface area contributed by atoms with Crippen molar-refractivity contribution in [2.24, 2.45) is 0 Å². The van der Waals surface area contributed by atoms with Gasteiger partial charge < -0.3 is 0 Å². The van der Waals surface area contributed by atoms with Crippen LogP contribution in [0, 0.1) is 5.82 Å². The van der Waals surface area contributed by atoms with Crippen molar-refractivity contribution in [1.29, 1.82) is 0 Å². The van der Waals surface area contributed by atoms with Crippen molar-refractivity contribution in [3.8, 4) is 11.4 Å². The number of nitrogens with zero attached hydrogens (tertiary/aromatic N) is 5. The Kier molecular flexibility index (Phi) is 5.75. The highest BCUT2D eigenvalue weighted by atomic mass is 32.2. The lowest BCUT2D eigenvalue weighted by molar-refractivity contribution is -0.115. The Morgan fingerprint density at radius 3 is 2.62 bits per heavy atom. The number of rotatable bonds is 7. The predicted molar refractivity (Wildman–Crippen MR) is 125 cm³/mol. The fourth-order valence-electron chi connectivity index (χ4n) is 3.47. The van der Waals surface area contributed by atoms with Gasteiger partial charge in [-0.1, -0.05) is 42.1 Å². The molecule has 1 fully saturated rings. The van der Waals surface area contributed by atoms with Gasteiger partial charge in [0.25, 0.3) is 0 Å². The maximum Gasteiger partial charge on any atom is 0.230 e. The van der Waals surface area contributed by atoms with Gasteiger partial charge in [-0.2, -0.15) is 0 Å². The number of anilines is 2. The van der Waals surface area contributed by atoms with Gasteiger partial charge in [0, 0.05) is 24.1 Å². The molecule has 0 spiro atoms. The van der Waals surface area contributed by atoms with Crippen molar-refractivity contribution in [2.45, 2.75) is 36.7 Å². The predicted octanol–water partition coefficient (Wildman–Crippen LogP) is 5.85. The van der Waals surface area contributed by atoms with E-state index in [2.05, 4.69) is 15.2 Å². The smallest absolute Gasteiger partial charge is 0.230 e. The van der Waals surface area contributed by atoms with E-state index in [1.54, 1.807) is 17.0 Å². The Labute approximate surface area is 193 Å². The molecule has 9 heteroatoms. The normalized spacial score (nSPS) is 13.3. The van der Waals surface area contributed by atoms with Gasteiger partial charge >= 0.3 is 0 Å². The first-order valence-corrected chi connectivity index (χ1v) is 12.1. The number of para-hydroxylation sites is 1. The Bertz CT molecular complexity index is 1250. The van der Waals surface area contributed by atoms with E-state index in [9.17, 15) is 9.18 Å². The van der Waals surface area contributed by atoms with Crippen LogP contribution in [-0.4, -0.2) is 25.7 Å². The molecule has 1 aliphatic rings. The minimum absolute atomic E-state index is 0.0900. The van der Waals surface area contributed by atoms with Crippen LogP contribution < -0.4 is 4.90 Å². The molecule has 0 N–H and O–H groups in total. The van der Waals surface area contributed by atoms with E-state index in [4.69, 9.17) is 0 Å². The summed E-state index contributed by atoms with van der Waals surface area (Å²) in [5, 5.41) is 12.0. The first kappa shape index (κ1) is 20.8. The molecule has 1 saturated carbocycles. The highest BCUT2D eigenvalue weighted by molar-refractivity contribution is 7.98. The van der Waals surface area contributed by atoms with Crippen LogP contribution in [0.5, 0.6) is 0 Å². The quantitative estimate of drug-likeness (QED) is 0.320. The van der Waals surface area contributed by atoms with Crippen LogP contribution in [0.4, 0.5) is 15.2 Å². The summed E-state index contributed by atoms with van der Waals surface area (Å²) in [6.07, 6.45) is 2.08. The van der Waals surface area contributed by atoms with E-state index >= 15 is 0 Å². The third kappa shape index (κ3) is 4.18. The van der Waals surface area contributed by atoms with Gasteiger partial charge in [0.15, 0.2) is 16.1 Å². The summed E-state index contributed by atoms with van der Waals surface area (Å²) in [6.45, 7) is 1.53. The van der Waals surface area contributed by atoms with Gasteiger partial charge in [-0.3, -0.25) is 14.3 Å². The third-order valence-corrected chi connectivity index (χ3v) is 6.95. The molecule has 0 radical (unpaired) electrons. The lowest BCUT2D eigenvalue weighted by Gasteiger charge is -2.17. The van der Waals surface area contributed by atoms with Crippen molar-refractivity contribution >= 4 is 39.8 Å². The molecule has 162 valence electrons. The second-order valence-corrected chi connectivity index (χ2v) is 9.27. The van der Waals surface area contributed by atoms with Crippen molar-refractivity contribution < 1.29 is 9.18 Å². The maximum absolute atomic E-state index is 14.4. The number of thioether (sulfide) groups is 1. The van der Waals surface area contributed by atoms with E-state index < -0.39 is 0 Å². The summed E-state index contributed by atoms with van der Waals surface area (Å²) in [7, 11) is 0. The summed E-state index contributed by atoms with van der Waals surface area (Å²) in [4.78, 5) is 18.6. The van der Waals surface area contributed by atoms with Crippen LogP contribution in [0.2, 0.25) is 0 Å². The summed E-state index contributed by atoms with van der Waals surface area (Å²) in [5.74, 6) is 0.762. The fourth-order valence-corrected chi connectivity index (χ4v) is 5.36. The molecule has 0 bridgehead atoms. The number of amides is 1. The molecule has 1 aliphatic carbocycles. The molecule has 4 aromatic rings. The van der Waals surface area contributed by atoms with Gasteiger partial charge in [-0.25, -0.2) is 9.37 Å². The number of carbonyl (C=O) groups excluding carboxylic acids is 1. The van der Waals surface area contributed by atoms with Crippen molar-refractivity contribution in [1.82, 2.24) is 19.7 Å². The largest absolute Gasteiger partial charge is 0.299 e. The third-order valence-electron chi connectivity index (χ3n) is 5.10. The molecular formula is C23H20FN5OS2. The Hall–Kier alpha value is -3.04. The number of hydrogen-bond donors (Lipinski definition) is 0. The summed E-state index contributed by atoms with van der Waals surface area (Å²) < 4.78 is 16.4. The van der Waals surface area contributed by atoms with E-state index in [1.807, 2.05) is 46.3 Å². The van der Waals surface area contributed by atoms with E-state index in [0.717, 1.165) is 29.4 Å². The van der Waals surface area contributed by atoms with Crippen LogP contribution in [0.25, 0.3) is 11.4 Å². The average molecular weight is 466 g/mol. The maximum atomic E-state index is 14.4. The van der Waals surface area contributed by atoms with Crippen molar-refractivity contribution in [2.75, 3.05) is 4.90 Å². The number of benzene rings is 2. The van der Waals surface area contributed by atoms with Gasteiger partial charge in [0.05, 0.1) is 16.9 Å². The number of carbonyl (C=O) groups is 1. The molecular weight excluding hydrogens is 445 g/mol. The minimum Gasteiger partial charge on any atom is -0.299 e. The molecule has 0 unspecified atom stereocenters. The number of thiazole rings is 1. The second-order valence-electron chi connectivity index (χ2n) is 7.49. The Morgan fingerprint density at radius 1 is 1.16 bits per heavy atom. The van der Waals surface area contributed by atoms with Gasteiger partial charge in [0.1, 0.15) is 5.82 Å². The monoisotopic (exact) mass is 465 g/mol. The first-order chi connectivity index (χ1) is 15.6.